The molecule has 4 rings (SSSR count). The minimum Gasteiger partial charge on any atom is -0.504 e. The van der Waals surface area contributed by atoms with Crippen molar-refractivity contribution in [2.45, 2.75) is 13.0 Å². The van der Waals surface area contributed by atoms with E-state index < -0.39 is 0 Å². The first-order valence-electron chi connectivity index (χ1n) is 6.78. The predicted molar refractivity (Wildman–Crippen MR) is 77.9 cm³/mol. The summed E-state index contributed by atoms with van der Waals surface area (Å²) in [6.45, 7) is 0.795. The summed E-state index contributed by atoms with van der Waals surface area (Å²) < 4.78 is 1.89. The van der Waals surface area contributed by atoms with Gasteiger partial charge in [-0.3, -0.25) is 0 Å². The SMILES string of the molecule is Oc1ccc(-c2nc3n(n2)CCc2ccccc2-3)cc1O. The lowest BCUT2D eigenvalue weighted by Crippen LogP contribution is -2.11. The molecule has 2 aromatic carbocycles. The molecule has 0 amide bonds. The maximum Gasteiger partial charge on any atom is 0.181 e. The van der Waals surface area contributed by atoms with Crippen LogP contribution < -0.4 is 0 Å². The monoisotopic (exact) mass is 279 g/mol. The van der Waals surface area contributed by atoms with Crippen LogP contribution in [0, 0.1) is 0 Å². The third-order valence-electron chi connectivity index (χ3n) is 3.76. The quantitative estimate of drug-likeness (QED) is 0.672. The summed E-state index contributed by atoms with van der Waals surface area (Å²) in [6.07, 6.45) is 0.937. The Balaban J connectivity index is 1.84. The molecule has 1 aromatic heterocycles. The summed E-state index contributed by atoms with van der Waals surface area (Å²) in [5.41, 5.74) is 3.06. The smallest absolute Gasteiger partial charge is 0.181 e. The van der Waals surface area contributed by atoms with Crippen LogP contribution in [-0.4, -0.2) is 25.0 Å². The zero-order valence-electron chi connectivity index (χ0n) is 11.2. The highest BCUT2D eigenvalue weighted by atomic mass is 16.3. The number of aryl methyl sites for hydroxylation is 2. The summed E-state index contributed by atoms with van der Waals surface area (Å²) in [7, 11) is 0. The van der Waals surface area contributed by atoms with E-state index in [9.17, 15) is 10.2 Å². The molecule has 0 atom stereocenters. The van der Waals surface area contributed by atoms with Crippen LogP contribution in [0.15, 0.2) is 42.5 Å². The lowest BCUT2D eigenvalue weighted by molar-refractivity contribution is 0.404. The molecule has 0 bridgehead atoms. The molecule has 2 heterocycles. The van der Waals surface area contributed by atoms with Crippen molar-refractivity contribution >= 4 is 0 Å². The molecule has 104 valence electrons. The third-order valence-corrected chi connectivity index (χ3v) is 3.76. The highest BCUT2D eigenvalue weighted by Crippen LogP contribution is 2.32. The highest BCUT2D eigenvalue weighted by Gasteiger charge is 2.20. The Morgan fingerprint density at radius 2 is 1.86 bits per heavy atom. The molecule has 0 unspecified atom stereocenters. The van der Waals surface area contributed by atoms with Gasteiger partial charge in [0, 0.05) is 17.7 Å². The molecule has 1 aliphatic heterocycles. The fourth-order valence-electron chi connectivity index (χ4n) is 2.66. The van der Waals surface area contributed by atoms with Crippen molar-refractivity contribution in [2.24, 2.45) is 0 Å². The largest absolute Gasteiger partial charge is 0.504 e. The Labute approximate surface area is 121 Å². The summed E-state index contributed by atoms with van der Waals surface area (Å²) in [4.78, 5) is 4.59. The number of aromatic hydroxyl groups is 2. The zero-order chi connectivity index (χ0) is 14.4. The number of aromatic nitrogens is 3. The minimum atomic E-state index is -0.166. The van der Waals surface area contributed by atoms with Crippen LogP contribution in [0.4, 0.5) is 0 Å². The second-order valence-electron chi connectivity index (χ2n) is 5.09. The molecule has 0 saturated heterocycles. The molecule has 1 aliphatic rings. The number of phenolic OH excluding ortho intramolecular Hbond substituents is 2. The van der Waals surface area contributed by atoms with Crippen molar-refractivity contribution in [3.05, 3.63) is 48.0 Å². The van der Waals surface area contributed by atoms with Crippen LogP contribution in [0.3, 0.4) is 0 Å². The lowest BCUT2D eigenvalue weighted by atomic mass is 10.0. The number of rotatable bonds is 1. The number of hydrogen-bond acceptors (Lipinski definition) is 4. The topological polar surface area (TPSA) is 71.2 Å². The Kier molecular flexibility index (Phi) is 2.47. The van der Waals surface area contributed by atoms with Crippen LogP contribution in [-0.2, 0) is 13.0 Å². The average Bonchev–Trinajstić information content (AvgIpc) is 2.94. The molecule has 21 heavy (non-hydrogen) atoms. The summed E-state index contributed by atoms with van der Waals surface area (Å²) >= 11 is 0. The molecule has 0 fully saturated rings. The molecule has 0 radical (unpaired) electrons. The molecule has 0 saturated carbocycles. The maximum absolute atomic E-state index is 9.61. The van der Waals surface area contributed by atoms with Gasteiger partial charge in [-0.15, -0.1) is 0 Å². The second-order valence-corrected chi connectivity index (χ2v) is 5.09. The normalized spacial score (nSPS) is 12.8. The first-order valence-corrected chi connectivity index (χ1v) is 6.78. The lowest BCUT2D eigenvalue weighted by Gasteiger charge is -2.15. The van der Waals surface area contributed by atoms with E-state index in [1.165, 1.54) is 17.7 Å². The van der Waals surface area contributed by atoms with Gasteiger partial charge in [0.2, 0.25) is 0 Å². The number of fused-ring (bicyclic) bond motifs is 3. The Hall–Kier alpha value is -2.82. The first-order chi connectivity index (χ1) is 10.2. The van der Waals surface area contributed by atoms with Crippen molar-refractivity contribution in [1.82, 2.24) is 14.8 Å². The van der Waals surface area contributed by atoms with Gasteiger partial charge in [-0.05, 0) is 30.2 Å². The third kappa shape index (κ3) is 1.86. The fourth-order valence-corrected chi connectivity index (χ4v) is 2.66. The van der Waals surface area contributed by atoms with Crippen LogP contribution in [0.2, 0.25) is 0 Å². The van der Waals surface area contributed by atoms with Gasteiger partial charge in [-0.25, -0.2) is 9.67 Å². The Morgan fingerprint density at radius 1 is 1.00 bits per heavy atom. The first kappa shape index (κ1) is 12.0. The van der Waals surface area contributed by atoms with E-state index in [4.69, 9.17) is 0 Å². The summed E-state index contributed by atoms with van der Waals surface area (Å²) in [6, 6.07) is 12.8. The molecular weight excluding hydrogens is 266 g/mol. The van der Waals surface area contributed by atoms with Gasteiger partial charge < -0.3 is 10.2 Å². The van der Waals surface area contributed by atoms with Crippen LogP contribution in [0.1, 0.15) is 5.56 Å². The molecule has 5 heteroatoms. The van der Waals surface area contributed by atoms with Gasteiger partial charge in [-0.1, -0.05) is 24.3 Å². The van der Waals surface area contributed by atoms with E-state index >= 15 is 0 Å². The predicted octanol–water partition coefficient (Wildman–Crippen LogP) is 2.58. The molecule has 3 aromatic rings. The van der Waals surface area contributed by atoms with Crippen molar-refractivity contribution in [3.8, 4) is 34.3 Å². The van der Waals surface area contributed by atoms with Crippen molar-refractivity contribution in [1.29, 1.82) is 0 Å². The van der Waals surface area contributed by atoms with Crippen molar-refractivity contribution < 1.29 is 10.2 Å². The van der Waals surface area contributed by atoms with Crippen molar-refractivity contribution in [2.75, 3.05) is 0 Å². The maximum atomic E-state index is 9.61. The Bertz CT molecular complexity index is 839. The van der Waals surface area contributed by atoms with Gasteiger partial charge in [0.25, 0.3) is 0 Å². The zero-order valence-corrected chi connectivity index (χ0v) is 11.2. The number of nitrogens with zero attached hydrogens (tertiary/aromatic N) is 3. The number of benzene rings is 2. The van der Waals surface area contributed by atoms with E-state index in [1.54, 1.807) is 6.07 Å². The van der Waals surface area contributed by atoms with Gasteiger partial charge in [-0.2, -0.15) is 5.10 Å². The van der Waals surface area contributed by atoms with Gasteiger partial charge in [0.15, 0.2) is 23.1 Å². The Morgan fingerprint density at radius 3 is 2.71 bits per heavy atom. The number of phenols is 2. The summed E-state index contributed by atoms with van der Waals surface area (Å²) in [5.74, 6) is 1.09. The van der Waals surface area contributed by atoms with Crippen LogP contribution >= 0.6 is 0 Å². The van der Waals surface area contributed by atoms with Gasteiger partial charge >= 0.3 is 0 Å². The molecular formula is C16H13N3O2. The molecule has 0 spiro atoms. The van der Waals surface area contributed by atoms with Crippen LogP contribution in [0.25, 0.3) is 22.8 Å². The van der Waals surface area contributed by atoms with Crippen molar-refractivity contribution in [3.63, 3.8) is 0 Å². The average molecular weight is 279 g/mol. The van der Waals surface area contributed by atoms with E-state index in [2.05, 4.69) is 16.1 Å². The van der Waals surface area contributed by atoms with E-state index in [1.807, 2.05) is 22.9 Å². The van der Waals surface area contributed by atoms with E-state index in [-0.39, 0.29) is 11.5 Å². The minimum absolute atomic E-state index is 0.145. The van der Waals surface area contributed by atoms with E-state index in [0.29, 0.717) is 11.4 Å². The van der Waals surface area contributed by atoms with Gasteiger partial charge in [0.05, 0.1) is 0 Å². The molecule has 0 aliphatic carbocycles. The van der Waals surface area contributed by atoms with Crippen LogP contribution in [0.5, 0.6) is 11.5 Å². The summed E-state index contributed by atoms with van der Waals surface area (Å²) in [5, 5.41) is 23.5. The molecule has 5 nitrogen and oxygen atoms in total. The van der Waals surface area contributed by atoms with Gasteiger partial charge in [0.1, 0.15) is 0 Å². The number of hydrogen-bond donors (Lipinski definition) is 2. The fraction of sp³-hybridized carbons (Fsp3) is 0.125. The highest BCUT2D eigenvalue weighted by molar-refractivity contribution is 5.67. The second kappa shape index (κ2) is 4.34. The molecule has 2 N–H and O–H groups in total. The standard InChI is InChI=1S/C16H13N3O2/c20-13-6-5-11(9-14(13)21)15-17-16-12-4-2-1-3-10(12)7-8-19(16)18-15/h1-6,9,20-21H,7-8H2. The van der Waals surface area contributed by atoms with E-state index in [0.717, 1.165) is 24.4 Å².